The van der Waals surface area contributed by atoms with Gasteiger partial charge in [-0.05, 0) is 44.4 Å². The first-order valence-electron chi connectivity index (χ1n) is 10.1. The molecule has 3 aromatic rings. The summed E-state index contributed by atoms with van der Waals surface area (Å²) >= 11 is 0. The van der Waals surface area contributed by atoms with Crippen molar-refractivity contribution in [1.82, 2.24) is 20.4 Å². The molecule has 0 atom stereocenters. The number of hydrogen-bond donors (Lipinski definition) is 1. The maximum atomic E-state index is 12.8. The van der Waals surface area contributed by atoms with E-state index in [1.807, 2.05) is 32.0 Å². The highest BCUT2D eigenvalue weighted by molar-refractivity contribution is 5.93. The molecule has 6 nitrogen and oxygen atoms in total. The maximum absolute atomic E-state index is 12.8. The minimum Gasteiger partial charge on any atom is -0.361 e. The predicted octanol–water partition coefficient (Wildman–Crippen LogP) is 3.75. The average molecular weight is 390 g/mol. The van der Waals surface area contributed by atoms with E-state index in [0.29, 0.717) is 17.1 Å². The number of piperidine rings is 1. The van der Waals surface area contributed by atoms with Crippen LogP contribution in [0.5, 0.6) is 0 Å². The molecule has 3 heterocycles. The first-order valence-corrected chi connectivity index (χ1v) is 10.1. The van der Waals surface area contributed by atoms with Crippen LogP contribution in [0.4, 0.5) is 0 Å². The second kappa shape index (κ2) is 8.57. The number of hydrogen-bond acceptors (Lipinski definition) is 5. The van der Waals surface area contributed by atoms with Crippen molar-refractivity contribution in [2.75, 3.05) is 13.1 Å². The van der Waals surface area contributed by atoms with E-state index in [0.717, 1.165) is 43.7 Å². The van der Waals surface area contributed by atoms with Crippen molar-refractivity contribution < 1.29 is 9.32 Å². The highest BCUT2D eigenvalue weighted by Crippen LogP contribution is 2.25. The molecule has 0 aliphatic carbocycles. The number of carbonyl (C=O) groups is 1. The number of nitrogens with one attached hydrogen (secondary N) is 1. The number of benzene rings is 1. The van der Waals surface area contributed by atoms with Gasteiger partial charge in [0, 0.05) is 25.7 Å². The molecule has 1 amide bonds. The lowest BCUT2D eigenvalue weighted by atomic mass is 10.0. The zero-order valence-corrected chi connectivity index (χ0v) is 16.9. The minimum absolute atomic E-state index is 0.125. The zero-order chi connectivity index (χ0) is 20.2. The number of likely N-dealkylation sites (tertiary alicyclic amines) is 1. The van der Waals surface area contributed by atoms with Gasteiger partial charge in [0.05, 0.1) is 17.0 Å². The molecule has 0 radical (unpaired) electrons. The number of amides is 1. The molecule has 0 saturated carbocycles. The molecule has 1 N–H and O–H groups in total. The van der Waals surface area contributed by atoms with Crippen molar-refractivity contribution in [3.05, 3.63) is 71.2 Å². The lowest BCUT2D eigenvalue weighted by Gasteiger charge is -2.32. The Morgan fingerprint density at radius 1 is 1.10 bits per heavy atom. The monoisotopic (exact) mass is 390 g/mol. The fraction of sp³-hybridized carbons (Fsp3) is 0.348. The van der Waals surface area contributed by atoms with Gasteiger partial charge in [0.25, 0.3) is 5.91 Å². The lowest BCUT2D eigenvalue weighted by molar-refractivity contribution is 0.0904. The fourth-order valence-corrected chi connectivity index (χ4v) is 3.89. The number of carbonyl (C=O) groups excluding carboxylic acids is 1. The van der Waals surface area contributed by atoms with E-state index in [4.69, 9.17) is 4.52 Å². The zero-order valence-electron chi connectivity index (χ0n) is 16.9. The molecular weight excluding hydrogens is 364 g/mol. The molecule has 4 rings (SSSR count). The second-order valence-electron chi connectivity index (χ2n) is 7.62. The summed E-state index contributed by atoms with van der Waals surface area (Å²) in [6, 6.07) is 16.2. The Kier molecular flexibility index (Phi) is 5.71. The van der Waals surface area contributed by atoms with Crippen LogP contribution in [0.25, 0.3) is 11.3 Å². The molecule has 0 bridgehead atoms. The first-order chi connectivity index (χ1) is 14.1. The van der Waals surface area contributed by atoms with Gasteiger partial charge in [-0.3, -0.25) is 9.69 Å². The number of aromatic nitrogens is 2. The van der Waals surface area contributed by atoms with Crippen molar-refractivity contribution in [2.45, 2.75) is 39.3 Å². The fourth-order valence-electron chi connectivity index (χ4n) is 3.89. The minimum atomic E-state index is -0.125. The van der Waals surface area contributed by atoms with Gasteiger partial charge in [0.1, 0.15) is 11.5 Å². The van der Waals surface area contributed by atoms with E-state index in [9.17, 15) is 4.79 Å². The number of rotatable bonds is 5. The molecular formula is C23H26N4O2. The Hall–Kier alpha value is -2.99. The van der Waals surface area contributed by atoms with Crippen LogP contribution >= 0.6 is 0 Å². The lowest BCUT2D eigenvalue weighted by Crippen LogP contribution is -2.44. The summed E-state index contributed by atoms with van der Waals surface area (Å²) < 4.78 is 5.23. The van der Waals surface area contributed by atoms with Crippen LogP contribution in [0.3, 0.4) is 0 Å². The van der Waals surface area contributed by atoms with Gasteiger partial charge >= 0.3 is 0 Å². The maximum Gasteiger partial charge on any atom is 0.270 e. The number of pyridine rings is 1. The van der Waals surface area contributed by atoms with Crippen molar-refractivity contribution in [2.24, 2.45) is 0 Å². The van der Waals surface area contributed by atoms with Crippen LogP contribution in [0, 0.1) is 13.8 Å². The highest BCUT2D eigenvalue weighted by Gasteiger charge is 2.22. The molecule has 150 valence electrons. The van der Waals surface area contributed by atoms with Gasteiger partial charge in [-0.15, -0.1) is 0 Å². The van der Waals surface area contributed by atoms with E-state index in [1.54, 1.807) is 6.07 Å². The van der Waals surface area contributed by atoms with E-state index in [1.165, 1.54) is 5.56 Å². The Labute approximate surface area is 170 Å². The molecule has 6 heteroatoms. The molecule has 1 fully saturated rings. The van der Waals surface area contributed by atoms with Gasteiger partial charge in [0.15, 0.2) is 0 Å². The van der Waals surface area contributed by atoms with Crippen LogP contribution in [0.1, 0.15) is 40.3 Å². The van der Waals surface area contributed by atoms with Crippen molar-refractivity contribution in [3.8, 4) is 11.3 Å². The van der Waals surface area contributed by atoms with Crippen molar-refractivity contribution in [1.29, 1.82) is 0 Å². The average Bonchev–Trinajstić information content (AvgIpc) is 3.08. The molecule has 29 heavy (non-hydrogen) atoms. The summed E-state index contributed by atoms with van der Waals surface area (Å²) in [6.45, 7) is 6.65. The largest absolute Gasteiger partial charge is 0.361 e. The van der Waals surface area contributed by atoms with Crippen LogP contribution in [-0.2, 0) is 6.54 Å². The number of aryl methyl sites for hydroxylation is 2. The summed E-state index contributed by atoms with van der Waals surface area (Å²) in [5.41, 5.74) is 4.10. The Morgan fingerprint density at radius 3 is 2.55 bits per heavy atom. The highest BCUT2D eigenvalue weighted by atomic mass is 16.5. The van der Waals surface area contributed by atoms with Crippen LogP contribution in [0.2, 0.25) is 0 Å². The van der Waals surface area contributed by atoms with Crippen LogP contribution in [0.15, 0.2) is 53.1 Å². The van der Waals surface area contributed by atoms with Gasteiger partial charge in [-0.1, -0.05) is 41.6 Å². The van der Waals surface area contributed by atoms with Crippen LogP contribution < -0.4 is 5.32 Å². The molecule has 1 aliphatic rings. The Balaban J connectivity index is 1.35. The normalized spacial score (nSPS) is 15.4. The SMILES string of the molecule is Cc1noc(C)c1-c1cccc(C(=O)NC2CCN(Cc3ccccc3)CC2)n1. The Morgan fingerprint density at radius 2 is 1.86 bits per heavy atom. The van der Waals surface area contributed by atoms with Gasteiger partial charge in [-0.2, -0.15) is 0 Å². The molecule has 1 aliphatic heterocycles. The molecule has 0 unspecified atom stereocenters. The summed E-state index contributed by atoms with van der Waals surface area (Å²) in [4.78, 5) is 19.7. The standard InChI is InChI=1S/C23H26N4O2/c1-16-22(17(2)29-26-16)20-9-6-10-21(25-20)23(28)24-19-11-13-27(14-12-19)15-18-7-4-3-5-8-18/h3-10,19H,11-15H2,1-2H3,(H,24,28). The van der Waals surface area contributed by atoms with Crippen molar-refractivity contribution in [3.63, 3.8) is 0 Å². The first kappa shape index (κ1) is 19.3. The summed E-state index contributed by atoms with van der Waals surface area (Å²) in [5.74, 6) is 0.582. The third-order valence-corrected chi connectivity index (χ3v) is 5.44. The van der Waals surface area contributed by atoms with Gasteiger partial charge in [0.2, 0.25) is 0 Å². The summed E-state index contributed by atoms with van der Waals surface area (Å²) in [5, 5.41) is 7.13. The molecule has 1 aromatic carbocycles. The van der Waals surface area contributed by atoms with E-state index in [-0.39, 0.29) is 11.9 Å². The summed E-state index contributed by atoms with van der Waals surface area (Å²) in [7, 11) is 0. The Bertz CT molecular complexity index is 956. The smallest absolute Gasteiger partial charge is 0.270 e. The van der Waals surface area contributed by atoms with Gasteiger partial charge < -0.3 is 9.84 Å². The third-order valence-electron chi connectivity index (χ3n) is 5.44. The van der Waals surface area contributed by atoms with E-state index < -0.39 is 0 Å². The quantitative estimate of drug-likeness (QED) is 0.718. The molecule has 2 aromatic heterocycles. The molecule has 1 saturated heterocycles. The number of nitrogens with zero attached hydrogens (tertiary/aromatic N) is 3. The van der Waals surface area contributed by atoms with Crippen LogP contribution in [-0.4, -0.2) is 40.1 Å². The van der Waals surface area contributed by atoms with E-state index in [2.05, 4.69) is 44.6 Å². The topological polar surface area (TPSA) is 71.3 Å². The van der Waals surface area contributed by atoms with E-state index >= 15 is 0 Å². The predicted molar refractivity (Wildman–Crippen MR) is 111 cm³/mol. The second-order valence-corrected chi connectivity index (χ2v) is 7.62. The van der Waals surface area contributed by atoms with Gasteiger partial charge in [-0.25, -0.2) is 4.98 Å². The summed E-state index contributed by atoms with van der Waals surface area (Å²) in [6.07, 6.45) is 1.89. The van der Waals surface area contributed by atoms with Crippen molar-refractivity contribution >= 4 is 5.91 Å². The molecule has 0 spiro atoms. The third kappa shape index (κ3) is 4.54.